The molecule has 16 heavy (non-hydrogen) atoms. The molecule has 1 heterocycles. The quantitative estimate of drug-likeness (QED) is 0.585. The van der Waals surface area contributed by atoms with Crippen LogP contribution in [-0.4, -0.2) is 9.49 Å². The molecule has 0 aliphatic heterocycles. The molecule has 0 N–H and O–H groups in total. The van der Waals surface area contributed by atoms with Crippen molar-refractivity contribution < 1.29 is 4.92 Å². The molecule has 2 aromatic rings. The SMILES string of the molecule is CCn1c(C=C[N+](=O)[O-])cc2ccccc21. The molecule has 0 radical (unpaired) electrons. The van der Waals surface area contributed by atoms with E-state index < -0.39 is 4.92 Å². The minimum absolute atomic E-state index is 0.447. The Balaban J connectivity index is 2.56. The zero-order chi connectivity index (χ0) is 11.5. The van der Waals surface area contributed by atoms with Crippen molar-refractivity contribution in [1.82, 2.24) is 4.57 Å². The Hall–Kier alpha value is -2.10. The molecule has 0 spiro atoms. The van der Waals surface area contributed by atoms with Gasteiger partial charge in [-0.25, -0.2) is 0 Å². The van der Waals surface area contributed by atoms with Gasteiger partial charge >= 0.3 is 0 Å². The van der Waals surface area contributed by atoms with Gasteiger partial charge in [0, 0.05) is 29.2 Å². The van der Waals surface area contributed by atoms with Crippen molar-refractivity contribution in [3.05, 3.63) is 52.3 Å². The summed E-state index contributed by atoms with van der Waals surface area (Å²) in [6.07, 6.45) is 2.50. The third kappa shape index (κ3) is 1.82. The summed E-state index contributed by atoms with van der Waals surface area (Å²) in [5, 5.41) is 11.4. The second kappa shape index (κ2) is 4.18. The molecule has 0 unspecified atom stereocenters. The number of aryl methyl sites for hydroxylation is 1. The van der Waals surface area contributed by atoms with Crippen molar-refractivity contribution in [3.63, 3.8) is 0 Å². The fourth-order valence-corrected chi connectivity index (χ4v) is 1.86. The number of hydrogen-bond donors (Lipinski definition) is 0. The molecule has 0 fully saturated rings. The number of para-hydroxylation sites is 1. The Morgan fingerprint density at radius 1 is 1.44 bits per heavy atom. The lowest BCUT2D eigenvalue weighted by Crippen LogP contribution is -1.96. The van der Waals surface area contributed by atoms with Gasteiger partial charge in [0.15, 0.2) is 0 Å². The first-order valence-corrected chi connectivity index (χ1v) is 5.12. The van der Waals surface area contributed by atoms with Gasteiger partial charge in [0.05, 0.1) is 4.92 Å². The van der Waals surface area contributed by atoms with Crippen LogP contribution in [0.15, 0.2) is 36.5 Å². The van der Waals surface area contributed by atoms with Gasteiger partial charge in [0.1, 0.15) is 0 Å². The molecule has 1 aromatic heterocycles. The molecule has 2 rings (SSSR count). The van der Waals surface area contributed by atoms with Crippen LogP contribution < -0.4 is 0 Å². The Bertz CT molecular complexity index is 555. The van der Waals surface area contributed by atoms with E-state index in [0.717, 1.165) is 29.3 Å². The summed E-state index contributed by atoms with van der Waals surface area (Å²) < 4.78 is 2.05. The predicted octanol–water partition coefficient (Wildman–Crippen LogP) is 2.91. The summed E-state index contributed by atoms with van der Waals surface area (Å²) >= 11 is 0. The number of nitro groups is 1. The van der Waals surface area contributed by atoms with Gasteiger partial charge in [0.25, 0.3) is 0 Å². The molecular formula is C12H12N2O2. The number of benzene rings is 1. The van der Waals surface area contributed by atoms with E-state index in [1.807, 2.05) is 37.3 Å². The summed E-state index contributed by atoms with van der Waals surface area (Å²) in [6.45, 7) is 2.82. The lowest BCUT2D eigenvalue weighted by Gasteiger charge is -2.02. The van der Waals surface area contributed by atoms with Crippen LogP contribution in [0.1, 0.15) is 12.6 Å². The fraction of sp³-hybridized carbons (Fsp3) is 0.167. The average molecular weight is 216 g/mol. The molecule has 0 aliphatic carbocycles. The molecule has 0 atom stereocenters. The van der Waals surface area contributed by atoms with E-state index in [1.54, 1.807) is 0 Å². The van der Waals surface area contributed by atoms with Crippen LogP contribution >= 0.6 is 0 Å². The van der Waals surface area contributed by atoms with E-state index in [2.05, 4.69) is 4.57 Å². The van der Waals surface area contributed by atoms with E-state index in [9.17, 15) is 10.1 Å². The van der Waals surface area contributed by atoms with Crippen molar-refractivity contribution in [2.75, 3.05) is 0 Å². The second-order valence-corrected chi connectivity index (χ2v) is 3.47. The molecular weight excluding hydrogens is 204 g/mol. The number of hydrogen-bond acceptors (Lipinski definition) is 2. The van der Waals surface area contributed by atoms with E-state index >= 15 is 0 Å². The topological polar surface area (TPSA) is 48.1 Å². The maximum Gasteiger partial charge on any atom is 0.236 e. The largest absolute Gasteiger partial charge is 0.341 e. The highest BCUT2D eigenvalue weighted by Crippen LogP contribution is 2.20. The highest BCUT2D eigenvalue weighted by Gasteiger charge is 2.04. The Labute approximate surface area is 93.0 Å². The third-order valence-electron chi connectivity index (χ3n) is 2.53. The molecule has 0 saturated carbocycles. The first-order chi connectivity index (χ1) is 7.72. The van der Waals surface area contributed by atoms with Crippen LogP contribution in [0.4, 0.5) is 0 Å². The van der Waals surface area contributed by atoms with Gasteiger partial charge in [0.2, 0.25) is 6.20 Å². The van der Waals surface area contributed by atoms with Crippen LogP contribution in [-0.2, 0) is 6.54 Å². The van der Waals surface area contributed by atoms with Crippen LogP contribution in [0.5, 0.6) is 0 Å². The fourth-order valence-electron chi connectivity index (χ4n) is 1.86. The second-order valence-electron chi connectivity index (χ2n) is 3.47. The van der Waals surface area contributed by atoms with Gasteiger partial charge in [-0.05, 0) is 19.1 Å². The van der Waals surface area contributed by atoms with Crippen LogP contribution in [0.3, 0.4) is 0 Å². The van der Waals surface area contributed by atoms with Crippen molar-refractivity contribution in [1.29, 1.82) is 0 Å². The molecule has 0 aliphatic rings. The van der Waals surface area contributed by atoms with E-state index in [-0.39, 0.29) is 0 Å². The van der Waals surface area contributed by atoms with Crippen LogP contribution in [0.2, 0.25) is 0 Å². The van der Waals surface area contributed by atoms with E-state index in [0.29, 0.717) is 0 Å². The van der Waals surface area contributed by atoms with E-state index in [4.69, 9.17) is 0 Å². The molecule has 0 amide bonds. The average Bonchev–Trinajstić information content (AvgIpc) is 2.63. The predicted molar refractivity (Wildman–Crippen MR) is 63.6 cm³/mol. The van der Waals surface area contributed by atoms with Crippen molar-refractivity contribution in [2.24, 2.45) is 0 Å². The van der Waals surface area contributed by atoms with Crippen LogP contribution in [0, 0.1) is 10.1 Å². The van der Waals surface area contributed by atoms with Crippen LogP contribution in [0.25, 0.3) is 17.0 Å². The molecule has 0 saturated heterocycles. The Morgan fingerprint density at radius 3 is 2.88 bits per heavy atom. The molecule has 82 valence electrons. The maximum atomic E-state index is 10.3. The number of nitrogens with zero attached hydrogens (tertiary/aromatic N) is 2. The number of aromatic nitrogens is 1. The lowest BCUT2D eigenvalue weighted by atomic mass is 10.2. The van der Waals surface area contributed by atoms with Crippen molar-refractivity contribution in [2.45, 2.75) is 13.5 Å². The molecule has 4 heteroatoms. The Morgan fingerprint density at radius 2 is 2.19 bits per heavy atom. The minimum Gasteiger partial charge on any atom is -0.341 e. The van der Waals surface area contributed by atoms with Gasteiger partial charge in [-0.2, -0.15) is 0 Å². The summed E-state index contributed by atoms with van der Waals surface area (Å²) in [5.74, 6) is 0. The van der Waals surface area contributed by atoms with Crippen molar-refractivity contribution >= 4 is 17.0 Å². The number of fused-ring (bicyclic) bond motifs is 1. The summed E-state index contributed by atoms with van der Waals surface area (Å²) in [7, 11) is 0. The van der Waals surface area contributed by atoms with Crippen molar-refractivity contribution in [3.8, 4) is 0 Å². The highest BCUT2D eigenvalue weighted by atomic mass is 16.6. The first kappa shape index (κ1) is 10.4. The molecule has 0 bridgehead atoms. The summed E-state index contributed by atoms with van der Waals surface area (Å²) in [4.78, 5) is 9.85. The highest BCUT2D eigenvalue weighted by molar-refractivity contribution is 5.83. The monoisotopic (exact) mass is 216 g/mol. The zero-order valence-corrected chi connectivity index (χ0v) is 8.96. The Kier molecular flexibility index (Phi) is 2.72. The molecule has 1 aromatic carbocycles. The van der Waals surface area contributed by atoms with Gasteiger partial charge < -0.3 is 4.57 Å². The standard InChI is InChI=1S/C12H12N2O2/c1-2-13-11(7-8-14(15)16)9-10-5-3-4-6-12(10)13/h3-9H,2H2,1H3. The normalized spacial score (nSPS) is 11.3. The summed E-state index contributed by atoms with van der Waals surface area (Å²) in [5.41, 5.74) is 1.97. The summed E-state index contributed by atoms with van der Waals surface area (Å²) in [6, 6.07) is 9.91. The number of rotatable bonds is 3. The zero-order valence-electron chi connectivity index (χ0n) is 8.96. The molecule has 4 nitrogen and oxygen atoms in total. The smallest absolute Gasteiger partial charge is 0.236 e. The van der Waals surface area contributed by atoms with Gasteiger partial charge in [-0.15, -0.1) is 0 Å². The first-order valence-electron chi connectivity index (χ1n) is 5.12. The maximum absolute atomic E-state index is 10.3. The lowest BCUT2D eigenvalue weighted by molar-refractivity contribution is -0.401. The van der Waals surface area contributed by atoms with E-state index in [1.165, 1.54) is 6.08 Å². The van der Waals surface area contributed by atoms with Gasteiger partial charge in [-0.3, -0.25) is 10.1 Å². The minimum atomic E-state index is -0.447. The van der Waals surface area contributed by atoms with Gasteiger partial charge in [-0.1, -0.05) is 18.2 Å². The third-order valence-corrected chi connectivity index (χ3v) is 2.53.